The lowest BCUT2D eigenvalue weighted by molar-refractivity contribution is -0.147. The van der Waals surface area contributed by atoms with Gasteiger partial charge in [-0.2, -0.15) is 5.26 Å². The van der Waals surface area contributed by atoms with Crippen molar-refractivity contribution in [2.45, 2.75) is 46.0 Å². The van der Waals surface area contributed by atoms with Gasteiger partial charge in [-0.1, -0.05) is 13.8 Å². The van der Waals surface area contributed by atoms with Crippen LogP contribution in [0.3, 0.4) is 0 Å². The highest BCUT2D eigenvalue weighted by atomic mass is 16.5. The van der Waals surface area contributed by atoms with Gasteiger partial charge in [0.25, 0.3) is 0 Å². The van der Waals surface area contributed by atoms with E-state index in [9.17, 15) is 10.1 Å². The number of aromatic nitrogens is 2. The first kappa shape index (κ1) is 15.1. The first-order valence-electron chi connectivity index (χ1n) is 6.29. The summed E-state index contributed by atoms with van der Waals surface area (Å²) >= 11 is 0. The largest absolute Gasteiger partial charge is 0.465 e. The van der Waals surface area contributed by atoms with Gasteiger partial charge >= 0.3 is 5.97 Å². The van der Waals surface area contributed by atoms with Gasteiger partial charge in [-0.05, 0) is 26.8 Å². The Labute approximate surface area is 113 Å². The van der Waals surface area contributed by atoms with Crippen molar-refractivity contribution >= 4 is 5.97 Å². The summed E-state index contributed by atoms with van der Waals surface area (Å²) < 4.78 is 4.97. The first-order chi connectivity index (χ1) is 8.85. The molecule has 1 heterocycles. The van der Waals surface area contributed by atoms with Crippen LogP contribution in [-0.4, -0.2) is 22.5 Å². The second-order valence-electron chi connectivity index (χ2n) is 4.86. The molecule has 1 aromatic rings. The van der Waals surface area contributed by atoms with Gasteiger partial charge in [0, 0.05) is 11.6 Å². The predicted octanol–water partition coefficient (Wildman–Crippen LogP) is 2.25. The number of esters is 1. The number of ether oxygens (including phenoxy) is 1. The van der Waals surface area contributed by atoms with Gasteiger partial charge in [-0.3, -0.25) is 0 Å². The van der Waals surface area contributed by atoms with Gasteiger partial charge < -0.3 is 4.74 Å². The van der Waals surface area contributed by atoms with E-state index in [1.165, 1.54) is 6.92 Å². The fraction of sp³-hybridized carbons (Fsp3) is 0.571. The van der Waals surface area contributed by atoms with Gasteiger partial charge in [0.15, 0.2) is 5.41 Å². The van der Waals surface area contributed by atoms with E-state index in [4.69, 9.17) is 4.74 Å². The third kappa shape index (κ3) is 3.08. The number of hydrogen-bond acceptors (Lipinski definition) is 5. The monoisotopic (exact) mass is 261 g/mol. The average Bonchev–Trinajstić information content (AvgIpc) is 2.37. The lowest BCUT2D eigenvalue weighted by Crippen LogP contribution is -2.34. The van der Waals surface area contributed by atoms with Gasteiger partial charge in [-0.25, -0.2) is 14.8 Å². The Kier molecular flexibility index (Phi) is 4.60. The molecule has 5 nitrogen and oxygen atoms in total. The van der Waals surface area contributed by atoms with E-state index < -0.39 is 11.4 Å². The Hall–Kier alpha value is -1.96. The van der Waals surface area contributed by atoms with Crippen LogP contribution in [0.15, 0.2) is 6.07 Å². The number of carbonyl (C=O) groups excluding carboxylic acids is 1. The highest BCUT2D eigenvalue weighted by molar-refractivity contribution is 5.85. The average molecular weight is 261 g/mol. The Morgan fingerprint density at radius 1 is 1.53 bits per heavy atom. The van der Waals surface area contributed by atoms with Crippen molar-refractivity contribution in [1.82, 2.24) is 9.97 Å². The fourth-order valence-corrected chi connectivity index (χ4v) is 1.59. The van der Waals surface area contributed by atoms with E-state index in [1.54, 1.807) is 13.0 Å². The first-order valence-corrected chi connectivity index (χ1v) is 6.29. The van der Waals surface area contributed by atoms with E-state index >= 15 is 0 Å². The normalized spacial score (nSPS) is 13.7. The summed E-state index contributed by atoms with van der Waals surface area (Å²) in [6.45, 7) is 9.22. The van der Waals surface area contributed by atoms with E-state index in [0.29, 0.717) is 11.5 Å². The third-order valence-electron chi connectivity index (χ3n) is 2.81. The molecule has 0 aliphatic rings. The smallest absolute Gasteiger partial charge is 0.332 e. The molecule has 0 fully saturated rings. The van der Waals surface area contributed by atoms with Crippen molar-refractivity contribution in [2.24, 2.45) is 0 Å². The molecular weight excluding hydrogens is 242 g/mol. The van der Waals surface area contributed by atoms with E-state index in [2.05, 4.69) is 9.97 Å². The standard InChI is InChI=1S/C14H19N3O2/c1-6-19-13(18)14(5,8-15)11-7-10(4)16-12(17-11)9(2)3/h7,9H,6H2,1-5H3. The molecule has 1 unspecified atom stereocenters. The molecule has 0 bridgehead atoms. The number of nitrogens with zero attached hydrogens (tertiary/aromatic N) is 3. The molecule has 1 rings (SSSR count). The Bertz CT molecular complexity index is 520. The lowest BCUT2D eigenvalue weighted by Gasteiger charge is -2.20. The molecule has 1 aromatic heterocycles. The molecule has 0 amide bonds. The Morgan fingerprint density at radius 2 is 2.16 bits per heavy atom. The highest BCUT2D eigenvalue weighted by Gasteiger charge is 2.39. The van der Waals surface area contributed by atoms with Gasteiger partial charge in [0.2, 0.25) is 0 Å². The molecule has 0 N–H and O–H groups in total. The minimum Gasteiger partial charge on any atom is -0.465 e. The van der Waals surface area contributed by atoms with Crippen molar-refractivity contribution in [3.8, 4) is 6.07 Å². The summed E-state index contributed by atoms with van der Waals surface area (Å²) in [6, 6.07) is 3.67. The number of hydrogen-bond donors (Lipinski definition) is 0. The van der Waals surface area contributed by atoms with Crippen molar-refractivity contribution in [2.75, 3.05) is 6.61 Å². The van der Waals surface area contributed by atoms with Crippen molar-refractivity contribution in [3.63, 3.8) is 0 Å². The Morgan fingerprint density at radius 3 is 2.63 bits per heavy atom. The zero-order valence-corrected chi connectivity index (χ0v) is 12.0. The van der Waals surface area contributed by atoms with Crippen LogP contribution in [0.5, 0.6) is 0 Å². The van der Waals surface area contributed by atoms with Gasteiger partial charge in [0.05, 0.1) is 18.4 Å². The maximum Gasteiger partial charge on any atom is 0.332 e. The second kappa shape index (κ2) is 5.79. The minimum absolute atomic E-state index is 0.129. The lowest BCUT2D eigenvalue weighted by atomic mass is 9.88. The maximum absolute atomic E-state index is 12.0. The predicted molar refractivity (Wildman–Crippen MR) is 70.5 cm³/mol. The minimum atomic E-state index is -1.40. The summed E-state index contributed by atoms with van der Waals surface area (Å²) in [6.07, 6.45) is 0. The fourth-order valence-electron chi connectivity index (χ4n) is 1.59. The van der Waals surface area contributed by atoms with Crippen LogP contribution < -0.4 is 0 Å². The molecule has 5 heteroatoms. The van der Waals surface area contributed by atoms with Crippen LogP contribution in [0.2, 0.25) is 0 Å². The van der Waals surface area contributed by atoms with E-state index in [1.807, 2.05) is 26.8 Å². The Balaban J connectivity index is 3.33. The molecule has 0 saturated carbocycles. The molecule has 0 aliphatic heterocycles. The zero-order chi connectivity index (χ0) is 14.6. The van der Waals surface area contributed by atoms with Crippen LogP contribution in [0.4, 0.5) is 0 Å². The molecule has 0 radical (unpaired) electrons. The molecule has 0 spiro atoms. The summed E-state index contributed by atoms with van der Waals surface area (Å²) in [5.74, 6) is 0.176. The molecule has 102 valence electrons. The summed E-state index contributed by atoms with van der Waals surface area (Å²) in [5, 5.41) is 9.34. The van der Waals surface area contributed by atoms with Crippen LogP contribution in [0, 0.1) is 18.3 Å². The van der Waals surface area contributed by atoms with Crippen LogP contribution in [-0.2, 0) is 14.9 Å². The van der Waals surface area contributed by atoms with Crippen LogP contribution in [0.25, 0.3) is 0 Å². The molecule has 1 atom stereocenters. The van der Waals surface area contributed by atoms with Crippen LogP contribution in [0.1, 0.15) is 50.8 Å². The number of carbonyl (C=O) groups is 1. The van der Waals surface area contributed by atoms with Gasteiger partial charge in [0.1, 0.15) is 5.82 Å². The van der Waals surface area contributed by atoms with Crippen LogP contribution >= 0.6 is 0 Å². The number of nitriles is 1. The zero-order valence-electron chi connectivity index (χ0n) is 12.0. The van der Waals surface area contributed by atoms with Gasteiger partial charge in [-0.15, -0.1) is 0 Å². The molecular formula is C14H19N3O2. The second-order valence-corrected chi connectivity index (χ2v) is 4.86. The van der Waals surface area contributed by atoms with Crippen molar-refractivity contribution in [1.29, 1.82) is 5.26 Å². The quantitative estimate of drug-likeness (QED) is 0.777. The van der Waals surface area contributed by atoms with E-state index in [-0.39, 0.29) is 12.5 Å². The maximum atomic E-state index is 12.0. The highest BCUT2D eigenvalue weighted by Crippen LogP contribution is 2.25. The summed E-state index contributed by atoms with van der Waals surface area (Å²) in [4.78, 5) is 20.6. The van der Waals surface area contributed by atoms with Crippen molar-refractivity contribution < 1.29 is 9.53 Å². The topological polar surface area (TPSA) is 75.9 Å². The number of aryl methyl sites for hydroxylation is 1. The molecule has 0 aliphatic carbocycles. The summed E-state index contributed by atoms with van der Waals surface area (Å²) in [5.41, 5.74) is -0.267. The molecule has 19 heavy (non-hydrogen) atoms. The molecule has 0 aromatic carbocycles. The third-order valence-corrected chi connectivity index (χ3v) is 2.81. The molecule has 0 saturated heterocycles. The summed E-state index contributed by atoms with van der Waals surface area (Å²) in [7, 11) is 0. The number of rotatable bonds is 4. The van der Waals surface area contributed by atoms with Crippen molar-refractivity contribution in [3.05, 3.63) is 23.3 Å². The van der Waals surface area contributed by atoms with E-state index in [0.717, 1.165) is 5.69 Å². The SMILES string of the molecule is CCOC(=O)C(C)(C#N)c1cc(C)nc(C(C)C)n1.